The molecule has 1 aromatic carbocycles. The highest BCUT2D eigenvalue weighted by Gasteiger charge is 2.07. The normalized spacial score (nSPS) is 10.6. The molecule has 0 saturated carbocycles. The smallest absolute Gasteiger partial charge is 0.165 e. The van der Waals surface area contributed by atoms with Crippen LogP contribution in [0.15, 0.2) is 35.1 Å². The van der Waals surface area contributed by atoms with E-state index in [1.54, 1.807) is 6.20 Å². The van der Waals surface area contributed by atoms with E-state index in [4.69, 9.17) is 4.74 Å². The van der Waals surface area contributed by atoms with Crippen molar-refractivity contribution in [3.8, 4) is 11.5 Å². The first-order valence-corrected chi connectivity index (χ1v) is 6.65. The molecule has 0 aliphatic rings. The lowest BCUT2D eigenvalue weighted by Crippen LogP contribution is -2.06. The Labute approximate surface area is 115 Å². The first-order valence-electron chi connectivity index (χ1n) is 5.86. The van der Waals surface area contributed by atoms with E-state index in [0.717, 1.165) is 34.6 Å². The van der Waals surface area contributed by atoms with Crippen LogP contribution in [-0.2, 0) is 13.1 Å². The van der Waals surface area contributed by atoms with Gasteiger partial charge in [0.1, 0.15) is 5.75 Å². The lowest BCUT2D eigenvalue weighted by atomic mass is 10.2. The number of hydrogen-bond acceptors (Lipinski definition) is 3. The fourth-order valence-electron chi connectivity index (χ4n) is 1.66. The van der Waals surface area contributed by atoms with Gasteiger partial charge in [-0.25, -0.2) is 0 Å². The Balaban J connectivity index is 2.23. The summed E-state index contributed by atoms with van der Waals surface area (Å²) in [5.41, 5.74) is 1.12. The molecule has 5 heteroatoms. The minimum atomic E-state index is 0.757. The molecule has 0 unspecified atom stereocenters. The van der Waals surface area contributed by atoms with Crippen molar-refractivity contribution in [2.75, 3.05) is 7.05 Å². The number of aryl methyl sites for hydroxylation is 1. The molecule has 0 spiro atoms. The number of rotatable bonds is 5. The van der Waals surface area contributed by atoms with E-state index in [-0.39, 0.29) is 0 Å². The molecule has 0 aliphatic heterocycles. The Bertz CT molecular complexity index is 525. The van der Waals surface area contributed by atoms with Crippen molar-refractivity contribution in [2.24, 2.45) is 0 Å². The largest absolute Gasteiger partial charge is 0.454 e. The minimum absolute atomic E-state index is 0.757. The number of aromatic nitrogens is 2. The molecule has 4 nitrogen and oxygen atoms in total. The molecule has 0 fully saturated rings. The summed E-state index contributed by atoms with van der Waals surface area (Å²) in [6, 6.07) is 6.02. The summed E-state index contributed by atoms with van der Waals surface area (Å²) in [6.45, 7) is 3.65. The van der Waals surface area contributed by atoms with Crippen LogP contribution in [0, 0.1) is 0 Å². The number of nitrogens with zero attached hydrogens (tertiary/aromatic N) is 2. The quantitative estimate of drug-likeness (QED) is 0.922. The maximum absolute atomic E-state index is 5.87. The molecule has 0 amide bonds. The summed E-state index contributed by atoms with van der Waals surface area (Å²) in [5.74, 6) is 1.60. The first kappa shape index (κ1) is 13.1. The second kappa shape index (κ2) is 6.02. The molecular weight excluding hydrogens is 294 g/mol. The van der Waals surface area contributed by atoms with Gasteiger partial charge in [-0.1, -0.05) is 22.0 Å². The number of hydrogen-bond donors (Lipinski definition) is 1. The van der Waals surface area contributed by atoms with Crippen LogP contribution in [0.4, 0.5) is 0 Å². The Morgan fingerprint density at radius 2 is 2.28 bits per heavy atom. The van der Waals surface area contributed by atoms with Gasteiger partial charge in [-0.15, -0.1) is 0 Å². The molecule has 2 aromatic rings. The highest BCUT2D eigenvalue weighted by molar-refractivity contribution is 9.10. The van der Waals surface area contributed by atoms with Crippen LogP contribution >= 0.6 is 15.9 Å². The molecule has 0 radical (unpaired) electrons. The maximum Gasteiger partial charge on any atom is 0.165 e. The summed E-state index contributed by atoms with van der Waals surface area (Å²) in [4.78, 5) is 0. The van der Waals surface area contributed by atoms with Gasteiger partial charge in [0.15, 0.2) is 5.75 Å². The highest BCUT2D eigenvalue weighted by Crippen LogP contribution is 2.28. The van der Waals surface area contributed by atoms with E-state index in [0.29, 0.717) is 0 Å². The molecule has 0 saturated heterocycles. The van der Waals surface area contributed by atoms with Gasteiger partial charge in [-0.05, 0) is 26.1 Å². The molecule has 1 heterocycles. The molecule has 0 aliphatic carbocycles. The van der Waals surface area contributed by atoms with Gasteiger partial charge < -0.3 is 10.1 Å². The third kappa shape index (κ3) is 3.11. The minimum Gasteiger partial charge on any atom is -0.454 e. The van der Waals surface area contributed by atoms with E-state index in [9.17, 15) is 0 Å². The zero-order chi connectivity index (χ0) is 13.0. The van der Waals surface area contributed by atoms with Gasteiger partial charge in [-0.3, -0.25) is 4.68 Å². The third-order valence-corrected chi connectivity index (χ3v) is 3.05. The molecule has 1 aromatic heterocycles. The van der Waals surface area contributed by atoms with E-state index >= 15 is 0 Å². The average Bonchev–Trinajstić information content (AvgIpc) is 2.80. The monoisotopic (exact) mass is 309 g/mol. The summed E-state index contributed by atoms with van der Waals surface area (Å²) in [5, 5.41) is 7.32. The van der Waals surface area contributed by atoms with Gasteiger partial charge in [0.2, 0.25) is 0 Å². The molecular formula is C13H16BrN3O. The highest BCUT2D eigenvalue weighted by atomic mass is 79.9. The lowest BCUT2D eigenvalue weighted by molar-refractivity contribution is 0.472. The van der Waals surface area contributed by atoms with Gasteiger partial charge in [0, 0.05) is 23.1 Å². The van der Waals surface area contributed by atoms with Crippen molar-refractivity contribution < 1.29 is 4.74 Å². The van der Waals surface area contributed by atoms with Gasteiger partial charge in [-0.2, -0.15) is 5.10 Å². The van der Waals surface area contributed by atoms with Crippen LogP contribution in [0.1, 0.15) is 12.5 Å². The Morgan fingerprint density at radius 1 is 1.44 bits per heavy atom. The van der Waals surface area contributed by atoms with Gasteiger partial charge >= 0.3 is 0 Å². The van der Waals surface area contributed by atoms with Crippen LogP contribution < -0.4 is 10.1 Å². The van der Waals surface area contributed by atoms with E-state index in [2.05, 4.69) is 26.3 Å². The predicted octanol–water partition coefficient (Wildman–Crippen LogP) is 3.18. The second-order valence-electron chi connectivity index (χ2n) is 3.92. The summed E-state index contributed by atoms with van der Waals surface area (Å²) < 4.78 is 8.71. The van der Waals surface area contributed by atoms with Crippen molar-refractivity contribution in [3.05, 3.63) is 40.6 Å². The number of benzene rings is 1. The number of ether oxygens (including phenoxy) is 1. The van der Waals surface area contributed by atoms with E-state index in [1.807, 2.05) is 43.0 Å². The molecule has 0 bridgehead atoms. The van der Waals surface area contributed by atoms with Crippen LogP contribution in [0.2, 0.25) is 0 Å². The molecule has 2 rings (SSSR count). The number of nitrogens with one attached hydrogen (secondary N) is 1. The Hall–Kier alpha value is -1.33. The predicted molar refractivity (Wildman–Crippen MR) is 74.9 cm³/mol. The SMILES string of the molecule is CCn1cc(Oc2cc(Br)ccc2CNC)cn1. The Kier molecular flexibility index (Phi) is 4.38. The average molecular weight is 310 g/mol. The molecule has 96 valence electrons. The van der Waals surface area contributed by atoms with Crippen molar-refractivity contribution in [2.45, 2.75) is 20.0 Å². The zero-order valence-corrected chi connectivity index (χ0v) is 12.1. The van der Waals surface area contributed by atoms with Crippen molar-refractivity contribution in [1.29, 1.82) is 0 Å². The second-order valence-corrected chi connectivity index (χ2v) is 4.83. The summed E-state index contributed by atoms with van der Waals surface area (Å²) >= 11 is 3.46. The fraction of sp³-hybridized carbons (Fsp3) is 0.308. The standard InChI is InChI=1S/C13H16BrN3O/c1-3-17-9-12(8-16-17)18-13-6-11(14)5-4-10(13)7-15-2/h4-6,8-9,15H,3,7H2,1-2H3. The molecule has 18 heavy (non-hydrogen) atoms. The van der Waals surface area contributed by atoms with E-state index in [1.165, 1.54) is 0 Å². The van der Waals surface area contributed by atoms with Gasteiger partial charge in [0.25, 0.3) is 0 Å². The van der Waals surface area contributed by atoms with Crippen LogP contribution in [-0.4, -0.2) is 16.8 Å². The Morgan fingerprint density at radius 3 is 2.94 bits per heavy atom. The van der Waals surface area contributed by atoms with Gasteiger partial charge in [0.05, 0.1) is 12.4 Å². The summed E-state index contributed by atoms with van der Waals surface area (Å²) in [6.07, 6.45) is 3.62. The maximum atomic E-state index is 5.87. The van der Waals surface area contributed by atoms with Crippen molar-refractivity contribution >= 4 is 15.9 Å². The fourth-order valence-corrected chi connectivity index (χ4v) is 2.00. The van der Waals surface area contributed by atoms with E-state index < -0.39 is 0 Å². The zero-order valence-electron chi connectivity index (χ0n) is 10.5. The van der Waals surface area contributed by atoms with Crippen LogP contribution in [0.25, 0.3) is 0 Å². The lowest BCUT2D eigenvalue weighted by Gasteiger charge is -2.10. The molecule has 1 N–H and O–H groups in total. The van der Waals surface area contributed by atoms with Crippen LogP contribution in [0.3, 0.4) is 0 Å². The first-order chi connectivity index (χ1) is 8.72. The molecule has 0 atom stereocenters. The third-order valence-electron chi connectivity index (χ3n) is 2.56. The van der Waals surface area contributed by atoms with Crippen LogP contribution in [0.5, 0.6) is 11.5 Å². The number of halogens is 1. The van der Waals surface area contributed by atoms with Crippen molar-refractivity contribution in [1.82, 2.24) is 15.1 Å². The summed E-state index contributed by atoms with van der Waals surface area (Å²) in [7, 11) is 1.92. The topological polar surface area (TPSA) is 39.1 Å². The van der Waals surface area contributed by atoms with Crippen molar-refractivity contribution in [3.63, 3.8) is 0 Å².